The van der Waals surface area contributed by atoms with E-state index in [1.165, 1.54) is 30.5 Å². The third-order valence-corrected chi connectivity index (χ3v) is 7.18. The number of likely N-dealkylation sites (N-methyl/N-ethyl adjacent to an activating group) is 1. The molecule has 2 aromatic heterocycles. The Morgan fingerprint density at radius 3 is 2.42 bits per heavy atom. The number of nitrogens with one attached hydrogen (secondary N) is 1. The molecule has 1 aliphatic heterocycles. The monoisotopic (exact) mass is 521 g/mol. The summed E-state index contributed by atoms with van der Waals surface area (Å²) in [6, 6.07) is 13.3. The number of anilines is 3. The highest BCUT2D eigenvalue weighted by molar-refractivity contribution is 5.81. The Morgan fingerprint density at radius 2 is 1.74 bits per heavy atom. The van der Waals surface area contributed by atoms with Gasteiger partial charge >= 0.3 is 0 Å². The predicted molar refractivity (Wildman–Crippen MR) is 139 cm³/mol. The first-order valence-corrected chi connectivity index (χ1v) is 12.5. The molecule has 0 radical (unpaired) electrons. The smallest absolute Gasteiger partial charge is 0.282 e. The second-order valence-electron chi connectivity index (χ2n) is 9.96. The fraction of sp³-hybridized carbons (Fsp3) is 0.333. The average molecular weight is 522 g/mol. The highest BCUT2D eigenvalue weighted by Gasteiger charge is 2.47. The number of benzene rings is 2. The number of hydrogen-bond donors (Lipinski definition) is 1. The van der Waals surface area contributed by atoms with E-state index in [9.17, 15) is 18.0 Å². The van der Waals surface area contributed by atoms with Crippen molar-refractivity contribution in [2.75, 3.05) is 43.4 Å². The van der Waals surface area contributed by atoms with Gasteiger partial charge in [0.15, 0.2) is 0 Å². The Labute approximate surface area is 216 Å². The molecule has 2 fully saturated rings. The van der Waals surface area contributed by atoms with Crippen LogP contribution in [0, 0.1) is 5.82 Å². The molecule has 1 aliphatic carbocycles. The molecule has 38 heavy (non-hydrogen) atoms. The summed E-state index contributed by atoms with van der Waals surface area (Å²) in [5.74, 6) is -3.69. The molecule has 1 N–H and O–H groups in total. The van der Waals surface area contributed by atoms with Crippen molar-refractivity contribution in [1.29, 1.82) is 0 Å². The Bertz CT molecular complexity index is 1540. The molecule has 0 unspecified atom stereocenters. The summed E-state index contributed by atoms with van der Waals surface area (Å²) in [6.45, 7) is 3.94. The zero-order chi connectivity index (χ0) is 26.4. The molecule has 2 aliphatic rings. The van der Waals surface area contributed by atoms with Crippen molar-refractivity contribution in [3.63, 3.8) is 0 Å². The summed E-state index contributed by atoms with van der Waals surface area (Å²) in [6.07, 6.45) is 0.581. The standard InChI is InChI=1S/C27H26F3N7O/c1-35-9-11-36(12-10-35)20-7-5-19(6-8-20)32-26-31-16-22-24(33-26)23(17-14-27(29,30)15-17)34-37(25(22)38)21-4-2-3-18(28)13-21/h2-8,13,16-17H,9-12,14-15H2,1H3,(H,31,32,33). The fourth-order valence-electron chi connectivity index (χ4n) is 4.97. The third kappa shape index (κ3) is 4.69. The zero-order valence-electron chi connectivity index (χ0n) is 20.7. The van der Waals surface area contributed by atoms with Crippen molar-refractivity contribution in [2.24, 2.45) is 0 Å². The summed E-state index contributed by atoms with van der Waals surface area (Å²) in [5, 5.41) is 7.66. The van der Waals surface area contributed by atoms with E-state index in [1.807, 2.05) is 24.3 Å². The quantitative estimate of drug-likeness (QED) is 0.419. The lowest BCUT2D eigenvalue weighted by atomic mass is 9.78. The van der Waals surface area contributed by atoms with Crippen molar-refractivity contribution in [1.82, 2.24) is 24.6 Å². The maximum absolute atomic E-state index is 13.9. The number of rotatable bonds is 5. The van der Waals surface area contributed by atoms with Crippen molar-refractivity contribution < 1.29 is 13.2 Å². The van der Waals surface area contributed by atoms with E-state index in [4.69, 9.17) is 0 Å². The first-order chi connectivity index (χ1) is 18.3. The van der Waals surface area contributed by atoms with Crippen LogP contribution in [0.5, 0.6) is 0 Å². The highest BCUT2D eigenvalue weighted by Crippen LogP contribution is 2.48. The summed E-state index contributed by atoms with van der Waals surface area (Å²) in [5.41, 5.74) is 2.01. The van der Waals surface area contributed by atoms with Crippen LogP contribution in [0.3, 0.4) is 0 Å². The Morgan fingerprint density at radius 1 is 1.00 bits per heavy atom. The normalized spacial score (nSPS) is 17.9. The molecule has 6 rings (SSSR count). The second-order valence-corrected chi connectivity index (χ2v) is 9.96. The van der Waals surface area contributed by atoms with Gasteiger partial charge in [0.05, 0.1) is 16.8 Å². The number of fused-ring (bicyclic) bond motifs is 1. The molecule has 4 aromatic rings. The van der Waals surface area contributed by atoms with Gasteiger partial charge in [0, 0.05) is 62.5 Å². The molecular weight excluding hydrogens is 495 g/mol. The summed E-state index contributed by atoms with van der Waals surface area (Å²) < 4.78 is 42.5. The Kier molecular flexibility index (Phi) is 6.02. The SMILES string of the molecule is CN1CCN(c2ccc(Nc3ncc4c(=O)n(-c5cccc(F)c5)nc(C5CC(F)(F)C5)c4n3)cc2)CC1. The van der Waals surface area contributed by atoms with Crippen LogP contribution < -0.4 is 15.8 Å². The van der Waals surface area contributed by atoms with E-state index in [0.717, 1.165) is 42.2 Å². The molecule has 0 atom stereocenters. The topological polar surface area (TPSA) is 79.2 Å². The van der Waals surface area contributed by atoms with Crippen molar-refractivity contribution >= 4 is 28.2 Å². The molecule has 196 valence electrons. The van der Waals surface area contributed by atoms with Crippen LogP contribution in [0.1, 0.15) is 24.5 Å². The molecule has 1 saturated carbocycles. The number of alkyl halides is 2. The van der Waals surface area contributed by atoms with Crippen molar-refractivity contribution in [3.8, 4) is 5.69 Å². The predicted octanol–water partition coefficient (Wildman–Crippen LogP) is 4.32. The number of hydrogen-bond acceptors (Lipinski definition) is 7. The first-order valence-electron chi connectivity index (χ1n) is 12.5. The molecule has 0 spiro atoms. The lowest BCUT2D eigenvalue weighted by Gasteiger charge is -2.34. The van der Waals surface area contributed by atoms with E-state index >= 15 is 0 Å². The lowest BCUT2D eigenvalue weighted by molar-refractivity contribution is -0.0875. The van der Waals surface area contributed by atoms with Crippen LogP contribution in [0.25, 0.3) is 16.6 Å². The van der Waals surface area contributed by atoms with Gasteiger partial charge in [-0.1, -0.05) is 6.07 Å². The van der Waals surface area contributed by atoms with Gasteiger partial charge in [0.2, 0.25) is 11.9 Å². The highest BCUT2D eigenvalue weighted by atomic mass is 19.3. The third-order valence-electron chi connectivity index (χ3n) is 7.18. The van der Waals surface area contributed by atoms with E-state index in [0.29, 0.717) is 0 Å². The minimum Gasteiger partial charge on any atom is -0.369 e. The van der Waals surface area contributed by atoms with Gasteiger partial charge < -0.3 is 15.1 Å². The van der Waals surface area contributed by atoms with E-state index < -0.39 is 36.1 Å². The van der Waals surface area contributed by atoms with Crippen molar-refractivity contribution in [3.05, 3.63) is 76.6 Å². The number of halogens is 3. The minimum atomic E-state index is -2.79. The molecule has 0 bridgehead atoms. The molecule has 3 heterocycles. The molecule has 11 heteroatoms. The van der Waals surface area contributed by atoms with E-state index in [2.05, 4.69) is 37.2 Å². The lowest BCUT2D eigenvalue weighted by Crippen LogP contribution is -2.44. The van der Waals surface area contributed by atoms with Gasteiger partial charge in [0.25, 0.3) is 5.56 Å². The van der Waals surface area contributed by atoms with Crippen LogP contribution in [0.15, 0.2) is 59.5 Å². The molecule has 0 amide bonds. The van der Waals surface area contributed by atoms with Gasteiger partial charge in [-0.25, -0.2) is 23.1 Å². The van der Waals surface area contributed by atoms with Crippen LogP contribution in [-0.2, 0) is 0 Å². The van der Waals surface area contributed by atoms with Gasteiger partial charge in [-0.05, 0) is 49.5 Å². The molecular formula is C27H26F3N7O. The Hall–Kier alpha value is -3.99. The second kappa shape index (κ2) is 9.39. The minimum absolute atomic E-state index is 0.130. The largest absolute Gasteiger partial charge is 0.369 e. The zero-order valence-corrected chi connectivity index (χ0v) is 20.7. The summed E-state index contributed by atoms with van der Waals surface area (Å²) >= 11 is 0. The van der Waals surface area contributed by atoms with Gasteiger partial charge in [0.1, 0.15) is 11.3 Å². The molecule has 8 nitrogen and oxygen atoms in total. The number of nitrogens with zero attached hydrogens (tertiary/aromatic N) is 6. The van der Waals surface area contributed by atoms with Crippen molar-refractivity contribution in [2.45, 2.75) is 24.7 Å². The van der Waals surface area contributed by atoms with E-state index in [-0.39, 0.29) is 28.2 Å². The van der Waals surface area contributed by atoms with Crippen LogP contribution in [0.2, 0.25) is 0 Å². The fourth-order valence-corrected chi connectivity index (χ4v) is 4.97. The van der Waals surface area contributed by atoms with Crippen LogP contribution >= 0.6 is 0 Å². The Balaban J connectivity index is 1.34. The molecule has 2 aromatic carbocycles. The first kappa shape index (κ1) is 24.4. The van der Waals surface area contributed by atoms with Crippen LogP contribution in [0.4, 0.5) is 30.5 Å². The average Bonchev–Trinajstić information content (AvgIpc) is 2.88. The van der Waals surface area contributed by atoms with Crippen LogP contribution in [-0.4, -0.2) is 63.8 Å². The maximum atomic E-state index is 13.9. The summed E-state index contributed by atoms with van der Waals surface area (Å²) in [7, 11) is 2.11. The number of piperazine rings is 1. The van der Waals surface area contributed by atoms with Gasteiger partial charge in [-0.3, -0.25) is 4.79 Å². The van der Waals surface area contributed by atoms with Gasteiger partial charge in [-0.15, -0.1) is 0 Å². The van der Waals surface area contributed by atoms with Gasteiger partial charge in [-0.2, -0.15) is 9.78 Å². The summed E-state index contributed by atoms with van der Waals surface area (Å²) in [4.78, 5) is 26.7. The van der Waals surface area contributed by atoms with E-state index in [1.54, 1.807) is 0 Å². The maximum Gasteiger partial charge on any atom is 0.282 e. The number of aromatic nitrogens is 4. The molecule has 1 saturated heterocycles.